The number of amides is 1. The number of thioether (sulfide) groups is 1. The van der Waals surface area contributed by atoms with Gasteiger partial charge in [-0.05, 0) is 42.5 Å². The van der Waals surface area contributed by atoms with Crippen molar-refractivity contribution >= 4 is 23.6 Å². The lowest BCUT2D eigenvalue weighted by molar-refractivity contribution is -0.138. The maximum Gasteiger partial charge on any atom is 0.305 e. The second kappa shape index (κ2) is 6.10. The fourth-order valence-corrected chi connectivity index (χ4v) is 4.23. The van der Waals surface area contributed by atoms with E-state index in [1.54, 1.807) is 16.7 Å². The quantitative estimate of drug-likeness (QED) is 0.930. The molecule has 112 valence electrons. The van der Waals surface area contributed by atoms with Crippen molar-refractivity contribution in [2.45, 2.75) is 31.7 Å². The zero-order valence-corrected chi connectivity index (χ0v) is 12.7. The van der Waals surface area contributed by atoms with Crippen LogP contribution in [-0.2, 0) is 17.6 Å². The van der Waals surface area contributed by atoms with Crippen molar-refractivity contribution in [2.75, 3.05) is 18.1 Å². The van der Waals surface area contributed by atoms with Gasteiger partial charge in [0, 0.05) is 23.6 Å². The van der Waals surface area contributed by atoms with E-state index in [0.717, 1.165) is 25.0 Å². The fourth-order valence-electron chi connectivity index (χ4n) is 3.16. The van der Waals surface area contributed by atoms with Crippen LogP contribution in [0.25, 0.3) is 0 Å². The Kier molecular flexibility index (Phi) is 4.19. The molecule has 1 aliphatic carbocycles. The van der Waals surface area contributed by atoms with E-state index in [2.05, 4.69) is 6.07 Å². The highest BCUT2D eigenvalue weighted by Crippen LogP contribution is 2.25. The Hall–Kier alpha value is -1.49. The third kappa shape index (κ3) is 3.07. The molecule has 1 aromatic carbocycles. The summed E-state index contributed by atoms with van der Waals surface area (Å²) >= 11 is 1.72. The fraction of sp³-hybridized carbons (Fsp3) is 0.500. The normalized spacial score (nSPS) is 21.1. The first kappa shape index (κ1) is 14.4. The third-order valence-electron chi connectivity index (χ3n) is 4.24. The molecule has 1 aromatic rings. The maximum absolute atomic E-state index is 12.7. The Labute approximate surface area is 128 Å². The van der Waals surface area contributed by atoms with Crippen molar-refractivity contribution in [3.63, 3.8) is 0 Å². The molecule has 0 saturated carbocycles. The van der Waals surface area contributed by atoms with Crippen molar-refractivity contribution in [3.8, 4) is 0 Å². The molecular formula is C16H19NO3S. The number of rotatable bonds is 3. The molecule has 2 aliphatic rings. The van der Waals surface area contributed by atoms with Crippen molar-refractivity contribution in [2.24, 2.45) is 0 Å². The first-order chi connectivity index (χ1) is 10.1. The largest absolute Gasteiger partial charge is 0.481 e. The first-order valence-corrected chi connectivity index (χ1v) is 8.53. The highest BCUT2D eigenvalue weighted by Gasteiger charge is 2.29. The van der Waals surface area contributed by atoms with Crippen LogP contribution in [0.1, 0.15) is 34.3 Å². The lowest BCUT2D eigenvalue weighted by atomic mass is 10.0. The number of carbonyl (C=O) groups is 2. The van der Waals surface area contributed by atoms with Gasteiger partial charge < -0.3 is 10.0 Å². The lowest BCUT2D eigenvalue weighted by Crippen LogP contribution is -2.47. The number of nitrogens with zero attached hydrogens (tertiary/aromatic N) is 1. The summed E-state index contributed by atoms with van der Waals surface area (Å²) in [6.07, 6.45) is 3.34. The molecule has 21 heavy (non-hydrogen) atoms. The van der Waals surface area contributed by atoms with Crippen molar-refractivity contribution < 1.29 is 14.7 Å². The van der Waals surface area contributed by atoms with Crippen LogP contribution in [0.15, 0.2) is 18.2 Å². The molecule has 1 saturated heterocycles. The smallest absolute Gasteiger partial charge is 0.305 e. The van der Waals surface area contributed by atoms with E-state index in [1.165, 1.54) is 11.1 Å². The summed E-state index contributed by atoms with van der Waals surface area (Å²) in [6, 6.07) is 5.76. The Morgan fingerprint density at radius 2 is 2.10 bits per heavy atom. The number of benzene rings is 1. The van der Waals surface area contributed by atoms with E-state index in [-0.39, 0.29) is 18.4 Å². The van der Waals surface area contributed by atoms with Crippen LogP contribution in [0.3, 0.4) is 0 Å². The number of carboxylic acids is 1. The Morgan fingerprint density at radius 1 is 1.29 bits per heavy atom. The van der Waals surface area contributed by atoms with Gasteiger partial charge in [0.15, 0.2) is 0 Å². The Bertz CT molecular complexity index is 573. The molecule has 1 heterocycles. The molecule has 1 fully saturated rings. The minimum absolute atomic E-state index is 0.0174. The molecule has 3 rings (SSSR count). The lowest BCUT2D eigenvalue weighted by Gasteiger charge is -2.34. The summed E-state index contributed by atoms with van der Waals surface area (Å²) < 4.78 is 0. The highest BCUT2D eigenvalue weighted by atomic mass is 32.2. The summed E-state index contributed by atoms with van der Waals surface area (Å²) in [5.74, 6) is 0.737. The Morgan fingerprint density at radius 3 is 2.90 bits per heavy atom. The van der Waals surface area contributed by atoms with Crippen molar-refractivity contribution in [1.82, 2.24) is 4.90 Å². The predicted octanol–water partition coefficient (Wildman–Crippen LogP) is 2.21. The molecule has 1 aliphatic heterocycles. The summed E-state index contributed by atoms with van der Waals surface area (Å²) in [5, 5.41) is 9.02. The van der Waals surface area contributed by atoms with Crippen LogP contribution >= 0.6 is 11.8 Å². The minimum Gasteiger partial charge on any atom is -0.481 e. The summed E-state index contributed by atoms with van der Waals surface area (Å²) in [7, 11) is 0. The van der Waals surface area contributed by atoms with Crippen LogP contribution < -0.4 is 0 Å². The summed E-state index contributed by atoms with van der Waals surface area (Å²) in [5.41, 5.74) is 3.34. The molecule has 0 bridgehead atoms. The molecule has 0 aromatic heterocycles. The van der Waals surface area contributed by atoms with Crippen LogP contribution in [0.5, 0.6) is 0 Å². The van der Waals surface area contributed by atoms with Gasteiger partial charge in [-0.2, -0.15) is 11.8 Å². The number of aryl methyl sites for hydroxylation is 2. The maximum atomic E-state index is 12.7. The van der Waals surface area contributed by atoms with Gasteiger partial charge in [0.05, 0.1) is 12.5 Å². The van der Waals surface area contributed by atoms with Gasteiger partial charge in [0.2, 0.25) is 0 Å². The molecule has 0 radical (unpaired) electrons. The van der Waals surface area contributed by atoms with Gasteiger partial charge in [-0.25, -0.2) is 0 Å². The number of hydrogen-bond acceptors (Lipinski definition) is 3. The SMILES string of the molecule is O=C(O)CC1CSCCN1C(=O)c1ccc2c(c1)CCC2. The standard InChI is InChI=1S/C16H19NO3S/c18-15(19)9-14-10-21-7-6-17(14)16(20)13-5-4-11-2-1-3-12(11)8-13/h4-5,8,14H,1-3,6-7,9-10H2,(H,18,19). The number of aliphatic carboxylic acids is 1. The average Bonchev–Trinajstić information content (AvgIpc) is 2.94. The Balaban J connectivity index is 1.80. The molecular weight excluding hydrogens is 286 g/mol. The zero-order valence-electron chi connectivity index (χ0n) is 11.9. The van der Waals surface area contributed by atoms with Crippen LogP contribution in [0, 0.1) is 0 Å². The van der Waals surface area contributed by atoms with E-state index in [1.807, 2.05) is 12.1 Å². The molecule has 1 amide bonds. The second-order valence-electron chi connectivity index (χ2n) is 5.66. The van der Waals surface area contributed by atoms with E-state index >= 15 is 0 Å². The number of carbonyl (C=O) groups excluding carboxylic acids is 1. The molecule has 1 unspecified atom stereocenters. The van der Waals surface area contributed by atoms with Gasteiger partial charge in [-0.3, -0.25) is 9.59 Å². The van der Waals surface area contributed by atoms with E-state index < -0.39 is 5.97 Å². The third-order valence-corrected chi connectivity index (χ3v) is 5.34. The predicted molar refractivity (Wildman–Crippen MR) is 82.9 cm³/mol. The zero-order chi connectivity index (χ0) is 14.8. The van der Waals surface area contributed by atoms with E-state index in [4.69, 9.17) is 5.11 Å². The second-order valence-corrected chi connectivity index (χ2v) is 6.81. The van der Waals surface area contributed by atoms with Gasteiger partial charge in [0.1, 0.15) is 0 Å². The molecule has 5 heteroatoms. The molecule has 0 spiro atoms. The molecule has 1 atom stereocenters. The monoisotopic (exact) mass is 305 g/mol. The number of hydrogen-bond donors (Lipinski definition) is 1. The van der Waals surface area contributed by atoms with Crippen LogP contribution in [-0.4, -0.2) is 46.0 Å². The average molecular weight is 305 g/mol. The summed E-state index contributed by atoms with van der Waals surface area (Å²) in [4.78, 5) is 25.4. The van der Waals surface area contributed by atoms with Crippen LogP contribution in [0.4, 0.5) is 0 Å². The summed E-state index contributed by atoms with van der Waals surface area (Å²) in [6.45, 7) is 0.637. The molecule has 1 N–H and O–H groups in total. The first-order valence-electron chi connectivity index (χ1n) is 7.37. The molecule has 4 nitrogen and oxygen atoms in total. The van der Waals surface area contributed by atoms with Gasteiger partial charge >= 0.3 is 5.97 Å². The number of carboxylic acid groups (broad SMARTS) is 1. The van der Waals surface area contributed by atoms with Gasteiger partial charge in [-0.1, -0.05) is 6.07 Å². The highest BCUT2D eigenvalue weighted by molar-refractivity contribution is 7.99. The van der Waals surface area contributed by atoms with E-state index in [0.29, 0.717) is 17.9 Å². The minimum atomic E-state index is -0.839. The van der Waals surface area contributed by atoms with Crippen molar-refractivity contribution in [1.29, 1.82) is 0 Å². The number of fused-ring (bicyclic) bond motifs is 1. The van der Waals surface area contributed by atoms with Gasteiger partial charge in [0.25, 0.3) is 5.91 Å². The van der Waals surface area contributed by atoms with Crippen molar-refractivity contribution in [3.05, 3.63) is 34.9 Å². The van der Waals surface area contributed by atoms with Gasteiger partial charge in [-0.15, -0.1) is 0 Å². The topological polar surface area (TPSA) is 57.6 Å². The van der Waals surface area contributed by atoms with E-state index in [9.17, 15) is 9.59 Å². The van der Waals surface area contributed by atoms with Crippen LogP contribution in [0.2, 0.25) is 0 Å².